The second-order valence-corrected chi connectivity index (χ2v) is 5.07. The van der Waals surface area contributed by atoms with Crippen LogP contribution in [0, 0.1) is 0 Å². The van der Waals surface area contributed by atoms with E-state index in [1.54, 1.807) is 18.2 Å². The Morgan fingerprint density at radius 2 is 1.71 bits per heavy atom. The van der Waals surface area contributed by atoms with Gasteiger partial charge in [0, 0.05) is 18.4 Å². The molecule has 2 aliphatic heterocycles. The SMILES string of the molecule is O=C(CN1C(=O)CCCCC1=O)c1ccc2c(c1)OCO2. The number of imide groups is 1. The maximum absolute atomic E-state index is 12.3. The van der Waals surface area contributed by atoms with E-state index in [-0.39, 0.29) is 30.9 Å². The Morgan fingerprint density at radius 3 is 2.43 bits per heavy atom. The van der Waals surface area contributed by atoms with Gasteiger partial charge < -0.3 is 9.47 Å². The molecule has 0 saturated carbocycles. The van der Waals surface area contributed by atoms with E-state index in [4.69, 9.17) is 9.47 Å². The van der Waals surface area contributed by atoms with Crippen molar-refractivity contribution in [1.29, 1.82) is 0 Å². The zero-order chi connectivity index (χ0) is 14.8. The topological polar surface area (TPSA) is 72.9 Å². The third kappa shape index (κ3) is 2.74. The first-order valence-corrected chi connectivity index (χ1v) is 6.91. The van der Waals surface area contributed by atoms with E-state index >= 15 is 0 Å². The molecule has 1 fully saturated rings. The minimum Gasteiger partial charge on any atom is -0.454 e. The molecule has 1 saturated heterocycles. The van der Waals surface area contributed by atoms with Gasteiger partial charge in [0.15, 0.2) is 17.3 Å². The molecular weight excluding hydrogens is 274 g/mol. The number of benzene rings is 1. The molecule has 0 atom stereocenters. The monoisotopic (exact) mass is 289 g/mol. The first-order chi connectivity index (χ1) is 10.1. The van der Waals surface area contributed by atoms with Crippen molar-refractivity contribution in [2.24, 2.45) is 0 Å². The van der Waals surface area contributed by atoms with Gasteiger partial charge in [0.1, 0.15) is 0 Å². The van der Waals surface area contributed by atoms with Crippen LogP contribution in [0.15, 0.2) is 18.2 Å². The van der Waals surface area contributed by atoms with Gasteiger partial charge in [0.2, 0.25) is 18.6 Å². The zero-order valence-electron chi connectivity index (χ0n) is 11.5. The van der Waals surface area contributed by atoms with Crippen molar-refractivity contribution in [3.8, 4) is 11.5 Å². The molecule has 2 aliphatic rings. The van der Waals surface area contributed by atoms with Gasteiger partial charge in [-0.1, -0.05) is 0 Å². The van der Waals surface area contributed by atoms with Gasteiger partial charge in [-0.15, -0.1) is 0 Å². The van der Waals surface area contributed by atoms with Gasteiger partial charge in [-0.05, 0) is 31.0 Å². The normalized spacial score (nSPS) is 17.8. The second kappa shape index (κ2) is 5.55. The highest BCUT2D eigenvalue weighted by Gasteiger charge is 2.27. The van der Waals surface area contributed by atoms with E-state index in [1.807, 2.05) is 0 Å². The molecule has 110 valence electrons. The molecule has 0 N–H and O–H groups in total. The van der Waals surface area contributed by atoms with Crippen LogP contribution in [-0.2, 0) is 9.59 Å². The molecule has 1 aromatic rings. The largest absolute Gasteiger partial charge is 0.454 e. The molecule has 3 rings (SSSR count). The number of rotatable bonds is 3. The average molecular weight is 289 g/mol. The van der Waals surface area contributed by atoms with Crippen molar-refractivity contribution in [3.63, 3.8) is 0 Å². The number of likely N-dealkylation sites (tertiary alicyclic amines) is 1. The van der Waals surface area contributed by atoms with E-state index in [0.717, 1.165) is 4.90 Å². The number of amides is 2. The minimum atomic E-state index is -0.281. The summed E-state index contributed by atoms with van der Waals surface area (Å²) in [7, 11) is 0. The summed E-state index contributed by atoms with van der Waals surface area (Å²) in [6.45, 7) is -0.0760. The maximum atomic E-state index is 12.3. The van der Waals surface area contributed by atoms with Crippen LogP contribution < -0.4 is 9.47 Å². The smallest absolute Gasteiger partial charge is 0.231 e. The van der Waals surface area contributed by atoms with E-state index in [2.05, 4.69) is 0 Å². The van der Waals surface area contributed by atoms with Crippen molar-refractivity contribution in [2.75, 3.05) is 13.3 Å². The summed E-state index contributed by atoms with van der Waals surface area (Å²) in [5.41, 5.74) is 0.407. The number of hydrogen-bond acceptors (Lipinski definition) is 5. The third-order valence-corrected chi connectivity index (χ3v) is 3.63. The van der Waals surface area contributed by atoms with Gasteiger partial charge in [0.25, 0.3) is 0 Å². The Bertz CT molecular complexity index is 592. The Labute approximate surface area is 121 Å². The van der Waals surface area contributed by atoms with Crippen molar-refractivity contribution >= 4 is 17.6 Å². The van der Waals surface area contributed by atoms with Crippen LogP contribution in [0.25, 0.3) is 0 Å². The molecule has 21 heavy (non-hydrogen) atoms. The Hall–Kier alpha value is -2.37. The molecule has 0 aliphatic carbocycles. The highest BCUT2D eigenvalue weighted by atomic mass is 16.7. The van der Waals surface area contributed by atoms with Crippen LogP contribution in [0.1, 0.15) is 36.0 Å². The summed E-state index contributed by atoms with van der Waals surface area (Å²) in [6, 6.07) is 4.85. The lowest BCUT2D eigenvalue weighted by molar-refractivity contribution is -0.143. The molecule has 1 aromatic carbocycles. The average Bonchev–Trinajstić information content (AvgIpc) is 2.89. The van der Waals surface area contributed by atoms with Crippen molar-refractivity contribution in [1.82, 2.24) is 4.90 Å². The molecule has 0 bridgehead atoms. The fourth-order valence-electron chi connectivity index (χ4n) is 2.44. The van der Waals surface area contributed by atoms with Gasteiger partial charge in [-0.25, -0.2) is 0 Å². The molecule has 6 heteroatoms. The van der Waals surface area contributed by atoms with Crippen LogP contribution >= 0.6 is 0 Å². The van der Waals surface area contributed by atoms with Gasteiger partial charge >= 0.3 is 0 Å². The van der Waals surface area contributed by atoms with Crippen molar-refractivity contribution < 1.29 is 23.9 Å². The number of ether oxygens (including phenoxy) is 2. The van der Waals surface area contributed by atoms with E-state index in [9.17, 15) is 14.4 Å². The lowest BCUT2D eigenvalue weighted by atomic mass is 10.1. The number of hydrogen-bond donors (Lipinski definition) is 0. The lowest BCUT2D eigenvalue weighted by Gasteiger charge is -2.17. The maximum Gasteiger partial charge on any atom is 0.231 e. The molecule has 0 spiro atoms. The Morgan fingerprint density at radius 1 is 1.05 bits per heavy atom. The predicted molar refractivity (Wildman–Crippen MR) is 72.1 cm³/mol. The van der Waals surface area contributed by atoms with Gasteiger partial charge in [-0.3, -0.25) is 19.3 Å². The molecular formula is C15H15NO5. The highest BCUT2D eigenvalue weighted by Crippen LogP contribution is 2.32. The summed E-state index contributed by atoms with van der Waals surface area (Å²) in [6.07, 6.45) is 2.03. The molecule has 2 heterocycles. The van der Waals surface area contributed by atoms with Crippen LogP contribution in [0.4, 0.5) is 0 Å². The van der Waals surface area contributed by atoms with E-state index < -0.39 is 0 Å². The molecule has 0 unspecified atom stereocenters. The minimum absolute atomic E-state index is 0.135. The van der Waals surface area contributed by atoms with Crippen LogP contribution in [-0.4, -0.2) is 35.8 Å². The van der Waals surface area contributed by atoms with Crippen LogP contribution in [0.3, 0.4) is 0 Å². The zero-order valence-corrected chi connectivity index (χ0v) is 11.5. The highest BCUT2D eigenvalue weighted by molar-refractivity contribution is 6.05. The third-order valence-electron chi connectivity index (χ3n) is 3.63. The number of ketones is 1. The molecule has 2 amide bonds. The first-order valence-electron chi connectivity index (χ1n) is 6.91. The van der Waals surface area contributed by atoms with Crippen molar-refractivity contribution in [3.05, 3.63) is 23.8 Å². The number of carbonyl (C=O) groups excluding carboxylic acids is 3. The summed E-state index contributed by atoms with van der Waals surface area (Å²) < 4.78 is 10.4. The molecule has 0 radical (unpaired) electrons. The summed E-state index contributed by atoms with van der Waals surface area (Å²) >= 11 is 0. The van der Waals surface area contributed by atoms with E-state index in [1.165, 1.54) is 0 Å². The number of carbonyl (C=O) groups is 3. The van der Waals surface area contributed by atoms with Gasteiger partial charge in [-0.2, -0.15) is 0 Å². The van der Waals surface area contributed by atoms with Crippen molar-refractivity contribution in [2.45, 2.75) is 25.7 Å². The molecule has 0 aromatic heterocycles. The molecule has 6 nitrogen and oxygen atoms in total. The van der Waals surface area contributed by atoms with Crippen LogP contribution in [0.5, 0.6) is 11.5 Å². The number of nitrogens with zero attached hydrogens (tertiary/aromatic N) is 1. The fourth-order valence-corrected chi connectivity index (χ4v) is 2.44. The number of fused-ring (bicyclic) bond motifs is 1. The Balaban J connectivity index is 1.76. The lowest BCUT2D eigenvalue weighted by Crippen LogP contribution is -2.39. The predicted octanol–water partition coefficient (Wildman–Crippen LogP) is 1.53. The summed E-state index contributed by atoms with van der Waals surface area (Å²) in [4.78, 5) is 37.1. The summed E-state index contributed by atoms with van der Waals surface area (Å²) in [5.74, 6) is 0.276. The number of Topliss-reactive ketones (excluding diaryl/α,β-unsaturated/α-hetero) is 1. The quantitative estimate of drug-likeness (QED) is 0.623. The Kier molecular flexibility index (Phi) is 3.60. The fraction of sp³-hybridized carbons (Fsp3) is 0.400. The second-order valence-electron chi connectivity index (χ2n) is 5.07. The summed E-state index contributed by atoms with van der Waals surface area (Å²) in [5, 5.41) is 0. The van der Waals surface area contributed by atoms with E-state index in [0.29, 0.717) is 42.7 Å². The van der Waals surface area contributed by atoms with Crippen LogP contribution in [0.2, 0.25) is 0 Å². The van der Waals surface area contributed by atoms with Gasteiger partial charge in [0.05, 0.1) is 6.54 Å². The standard InChI is InChI=1S/C15H15NO5/c17-11(8-16-14(18)3-1-2-4-15(16)19)10-5-6-12-13(7-10)21-9-20-12/h5-7H,1-4,8-9H2. The first kappa shape index (κ1) is 13.6.